The first-order chi connectivity index (χ1) is 8.69. The van der Waals surface area contributed by atoms with Crippen molar-refractivity contribution >= 4 is 27.3 Å². The Bertz CT molecular complexity index is 524. The van der Waals surface area contributed by atoms with E-state index in [1.54, 1.807) is 11.3 Å². The zero-order valence-corrected chi connectivity index (χ0v) is 12.9. The minimum atomic E-state index is 0.636. The van der Waals surface area contributed by atoms with Crippen LogP contribution in [0.25, 0.3) is 0 Å². The first-order valence-electron chi connectivity index (χ1n) is 5.80. The third-order valence-electron chi connectivity index (χ3n) is 2.58. The van der Waals surface area contributed by atoms with Crippen molar-refractivity contribution in [2.45, 2.75) is 20.1 Å². The maximum absolute atomic E-state index is 5.84. The van der Waals surface area contributed by atoms with E-state index in [2.05, 4.69) is 46.4 Å². The largest absolute Gasteiger partial charge is 0.488 e. The van der Waals surface area contributed by atoms with Crippen molar-refractivity contribution in [3.63, 3.8) is 0 Å². The summed E-state index contributed by atoms with van der Waals surface area (Å²) in [5.41, 5.74) is 1.15. The van der Waals surface area contributed by atoms with E-state index < -0.39 is 0 Å². The molecule has 2 aromatic rings. The highest BCUT2D eigenvalue weighted by Crippen LogP contribution is 2.24. The van der Waals surface area contributed by atoms with Crippen molar-refractivity contribution in [3.8, 4) is 5.75 Å². The van der Waals surface area contributed by atoms with Gasteiger partial charge < -0.3 is 10.1 Å². The fourth-order valence-electron chi connectivity index (χ4n) is 1.69. The van der Waals surface area contributed by atoms with Gasteiger partial charge in [-0.2, -0.15) is 0 Å². The van der Waals surface area contributed by atoms with Crippen LogP contribution < -0.4 is 10.1 Å². The first-order valence-corrected chi connectivity index (χ1v) is 7.41. The molecule has 18 heavy (non-hydrogen) atoms. The molecule has 0 aliphatic rings. The normalized spacial score (nSPS) is 10.6. The van der Waals surface area contributed by atoms with Crippen LogP contribution in [0.5, 0.6) is 5.75 Å². The van der Waals surface area contributed by atoms with E-state index in [0.29, 0.717) is 6.61 Å². The van der Waals surface area contributed by atoms with E-state index in [1.807, 2.05) is 19.2 Å². The lowest BCUT2D eigenvalue weighted by molar-refractivity contribution is 0.307. The quantitative estimate of drug-likeness (QED) is 0.892. The highest BCUT2D eigenvalue weighted by Gasteiger charge is 2.03. The fourth-order valence-corrected chi connectivity index (χ4v) is 3.11. The van der Waals surface area contributed by atoms with Crippen LogP contribution in [0.15, 0.2) is 34.8 Å². The van der Waals surface area contributed by atoms with Crippen molar-refractivity contribution in [3.05, 3.63) is 50.1 Å². The molecule has 1 heterocycles. The van der Waals surface area contributed by atoms with Crippen molar-refractivity contribution in [2.75, 3.05) is 7.05 Å². The highest BCUT2D eigenvalue weighted by atomic mass is 79.9. The number of nitrogens with one attached hydrogen (secondary N) is 1. The number of ether oxygens (including phenoxy) is 1. The molecule has 1 aromatic heterocycles. The van der Waals surface area contributed by atoms with Crippen LogP contribution in [-0.2, 0) is 13.2 Å². The number of halogens is 1. The Morgan fingerprint density at radius 3 is 2.72 bits per heavy atom. The number of thiophene rings is 1. The van der Waals surface area contributed by atoms with Gasteiger partial charge in [0.25, 0.3) is 0 Å². The zero-order valence-electron chi connectivity index (χ0n) is 10.5. The van der Waals surface area contributed by atoms with E-state index in [9.17, 15) is 0 Å². The van der Waals surface area contributed by atoms with Gasteiger partial charge in [0.05, 0.1) is 0 Å². The molecule has 0 aliphatic carbocycles. The van der Waals surface area contributed by atoms with Gasteiger partial charge in [-0.1, -0.05) is 15.9 Å². The molecule has 1 aromatic carbocycles. The predicted octanol–water partition coefficient (Wildman–Crippen LogP) is 4.12. The molecular weight excluding hydrogens is 310 g/mol. The second-order valence-corrected chi connectivity index (χ2v) is 6.27. The number of rotatable bonds is 5. The van der Waals surface area contributed by atoms with E-state index in [4.69, 9.17) is 4.74 Å². The topological polar surface area (TPSA) is 21.3 Å². The zero-order chi connectivity index (χ0) is 13.0. The molecule has 0 amide bonds. The molecule has 0 fully saturated rings. The average molecular weight is 326 g/mol. The van der Waals surface area contributed by atoms with Crippen LogP contribution in [0.2, 0.25) is 0 Å². The van der Waals surface area contributed by atoms with Crippen LogP contribution in [0.3, 0.4) is 0 Å². The first kappa shape index (κ1) is 13.6. The van der Waals surface area contributed by atoms with Crippen LogP contribution in [0.4, 0.5) is 0 Å². The summed E-state index contributed by atoms with van der Waals surface area (Å²) in [6.45, 7) is 3.61. The van der Waals surface area contributed by atoms with Gasteiger partial charge in [0.1, 0.15) is 12.4 Å². The van der Waals surface area contributed by atoms with Crippen LogP contribution in [0.1, 0.15) is 15.3 Å². The maximum atomic E-state index is 5.84. The summed E-state index contributed by atoms with van der Waals surface area (Å²) in [5, 5.41) is 3.15. The van der Waals surface area contributed by atoms with E-state index in [0.717, 1.165) is 22.3 Å². The van der Waals surface area contributed by atoms with Crippen molar-refractivity contribution < 1.29 is 4.74 Å². The Balaban J connectivity index is 1.97. The fraction of sp³-hybridized carbons (Fsp3) is 0.286. The smallest absolute Gasteiger partial charge is 0.122 e. The van der Waals surface area contributed by atoms with Crippen LogP contribution in [-0.4, -0.2) is 7.05 Å². The summed E-state index contributed by atoms with van der Waals surface area (Å²) in [5.74, 6) is 0.946. The number of aryl methyl sites for hydroxylation is 1. The van der Waals surface area contributed by atoms with Crippen LogP contribution >= 0.6 is 27.3 Å². The van der Waals surface area contributed by atoms with Gasteiger partial charge in [0.15, 0.2) is 0 Å². The van der Waals surface area contributed by atoms with E-state index >= 15 is 0 Å². The summed E-state index contributed by atoms with van der Waals surface area (Å²) in [4.78, 5) is 2.59. The number of hydrogen-bond acceptors (Lipinski definition) is 3. The van der Waals surface area contributed by atoms with E-state index in [-0.39, 0.29) is 0 Å². The molecular formula is C14H16BrNOS. The molecule has 0 saturated heterocycles. The Morgan fingerprint density at radius 2 is 2.00 bits per heavy atom. The maximum Gasteiger partial charge on any atom is 0.122 e. The summed E-state index contributed by atoms with van der Waals surface area (Å²) in [6, 6.07) is 10.3. The molecule has 4 heteroatoms. The van der Waals surface area contributed by atoms with Gasteiger partial charge in [0.2, 0.25) is 0 Å². The molecule has 0 spiro atoms. The van der Waals surface area contributed by atoms with Crippen molar-refractivity contribution in [2.24, 2.45) is 0 Å². The second kappa shape index (κ2) is 6.36. The summed E-state index contributed by atoms with van der Waals surface area (Å²) in [6.07, 6.45) is 0. The van der Waals surface area contributed by atoms with Crippen molar-refractivity contribution in [1.82, 2.24) is 5.32 Å². The van der Waals surface area contributed by atoms with Crippen molar-refractivity contribution in [1.29, 1.82) is 0 Å². The standard InChI is InChI=1S/C14H16BrNOS/c1-10-7-11(15)3-6-14(10)17-9-13-5-4-12(18-13)8-16-2/h3-7,16H,8-9H2,1-2H3. The third-order valence-corrected chi connectivity index (χ3v) is 4.13. The van der Waals surface area contributed by atoms with Crippen LogP contribution in [0, 0.1) is 6.92 Å². The summed E-state index contributed by atoms with van der Waals surface area (Å²) in [7, 11) is 1.96. The molecule has 0 saturated carbocycles. The Kier molecular flexibility index (Phi) is 4.80. The van der Waals surface area contributed by atoms with Gasteiger partial charge in [-0.3, -0.25) is 0 Å². The second-order valence-electron chi connectivity index (χ2n) is 4.10. The number of benzene rings is 1. The van der Waals surface area contributed by atoms with Gasteiger partial charge in [-0.15, -0.1) is 11.3 Å². The van der Waals surface area contributed by atoms with E-state index in [1.165, 1.54) is 9.75 Å². The molecule has 0 bridgehead atoms. The highest BCUT2D eigenvalue weighted by molar-refractivity contribution is 9.10. The lowest BCUT2D eigenvalue weighted by Gasteiger charge is -2.08. The lowest BCUT2D eigenvalue weighted by Crippen LogP contribution is -2.02. The van der Waals surface area contributed by atoms with Gasteiger partial charge in [-0.25, -0.2) is 0 Å². The number of hydrogen-bond donors (Lipinski definition) is 1. The monoisotopic (exact) mass is 325 g/mol. The molecule has 0 unspecified atom stereocenters. The van der Waals surface area contributed by atoms with Gasteiger partial charge in [-0.05, 0) is 49.9 Å². The SMILES string of the molecule is CNCc1ccc(COc2ccc(Br)cc2C)s1. The molecule has 2 nitrogen and oxygen atoms in total. The molecule has 1 N–H and O–H groups in total. The van der Waals surface area contributed by atoms with Gasteiger partial charge in [0, 0.05) is 20.8 Å². The third kappa shape index (κ3) is 3.57. The Labute approximate surface area is 120 Å². The minimum Gasteiger partial charge on any atom is -0.488 e. The predicted molar refractivity (Wildman–Crippen MR) is 80.3 cm³/mol. The van der Waals surface area contributed by atoms with Gasteiger partial charge >= 0.3 is 0 Å². The minimum absolute atomic E-state index is 0.636. The summed E-state index contributed by atoms with van der Waals surface area (Å²) < 4.78 is 6.92. The summed E-state index contributed by atoms with van der Waals surface area (Å²) >= 11 is 5.24. The molecule has 0 aliphatic heterocycles. The Hall–Kier alpha value is -0.840. The molecule has 2 rings (SSSR count). The molecule has 0 atom stereocenters. The Morgan fingerprint density at radius 1 is 1.22 bits per heavy atom. The average Bonchev–Trinajstić information content (AvgIpc) is 2.76. The lowest BCUT2D eigenvalue weighted by atomic mass is 10.2. The molecule has 0 radical (unpaired) electrons. The molecule has 96 valence electrons.